The summed E-state index contributed by atoms with van der Waals surface area (Å²) in [7, 11) is 0. The van der Waals surface area contributed by atoms with E-state index in [1.165, 1.54) is 11.4 Å². The summed E-state index contributed by atoms with van der Waals surface area (Å²) in [5.41, 5.74) is 8.55. The van der Waals surface area contributed by atoms with Crippen LogP contribution in [-0.4, -0.2) is 33.5 Å². The summed E-state index contributed by atoms with van der Waals surface area (Å²) in [6.45, 7) is 8.77. The quantitative estimate of drug-likeness (QED) is 0.299. The Morgan fingerprint density at radius 2 is 2.03 bits per heavy atom. The smallest absolute Gasteiger partial charge is 0.262 e. The number of nitriles is 1. The molecule has 202 valence electrons. The zero-order chi connectivity index (χ0) is 27.9. The molecule has 1 aliphatic carbocycles. The average Bonchev–Trinajstić information content (AvgIpc) is 3.37. The van der Waals surface area contributed by atoms with Crippen LogP contribution in [0.1, 0.15) is 62.2 Å². The molecule has 39 heavy (non-hydrogen) atoms. The number of hydrogen-bond donors (Lipinski definition) is 4. The van der Waals surface area contributed by atoms with Crippen LogP contribution in [0.5, 0.6) is 0 Å². The summed E-state index contributed by atoms with van der Waals surface area (Å²) in [5, 5.41) is 18.9. The van der Waals surface area contributed by atoms with Crippen LogP contribution in [0.2, 0.25) is 0 Å². The number of aromatic nitrogens is 2. The first-order valence-corrected chi connectivity index (χ1v) is 12.6. The zero-order valence-electron chi connectivity index (χ0n) is 22.2. The lowest BCUT2D eigenvalue weighted by Gasteiger charge is -2.25. The summed E-state index contributed by atoms with van der Waals surface area (Å²) >= 11 is 0. The molecule has 1 fully saturated rings. The minimum Gasteiger partial charge on any atom is -0.446 e. The van der Waals surface area contributed by atoms with Crippen LogP contribution in [0.4, 0.5) is 20.2 Å². The van der Waals surface area contributed by atoms with Crippen LogP contribution >= 0.6 is 0 Å². The second-order valence-corrected chi connectivity index (χ2v) is 11.1. The fourth-order valence-electron chi connectivity index (χ4n) is 4.57. The number of oxazole rings is 1. The van der Waals surface area contributed by atoms with Gasteiger partial charge in [0, 0.05) is 30.0 Å². The van der Waals surface area contributed by atoms with Crippen molar-refractivity contribution in [3.05, 3.63) is 59.2 Å². The number of fused-ring (bicyclic) bond motifs is 1. The first kappa shape index (κ1) is 26.3. The molecule has 1 aliphatic heterocycles. The van der Waals surface area contributed by atoms with Gasteiger partial charge in [0.2, 0.25) is 0 Å². The number of benzene rings is 1. The molecule has 3 aromatic rings. The standard InChI is InChI=1S/C28H30F2N8O/c1-6-17-12-32-23-18(11-31)9-19(10-20(23)22(17)33-14-27(3,4)5)35-24(25-16(2)34-15-39-25)21-13-38(37-36-21)28(7-8-28)26(29)30/h1,9-10,12-13,15,24,26,35-37H,7-8,14H2,2-5H3,(H,32,33)/t24-/m1/s1. The van der Waals surface area contributed by atoms with Gasteiger partial charge in [0.05, 0.1) is 33.7 Å². The van der Waals surface area contributed by atoms with E-state index in [4.69, 9.17) is 10.8 Å². The van der Waals surface area contributed by atoms with Gasteiger partial charge in [0.15, 0.2) is 12.2 Å². The first-order valence-electron chi connectivity index (χ1n) is 12.6. The van der Waals surface area contributed by atoms with Crippen molar-refractivity contribution in [2.45, 2.75) is 58.5 Å². The van der Waals surface area contributed by atoms with Gasteiger partial charge in [-0.1, -0.05) is 26.7 Å². The van der Waals surface area contributed by atoms with Crippen LogP contribution < -0.4 is 21.6 Å². The molecule has 0 radical (unpaired) electrons. The van der Waals surface area contributed by atoms with Crippen molar-refractivity contribution in [2.24, 2.45) is 5.41 Å². The number of anilines is 2. The molecule has 0 unspecified atom stereocenters. The molecule has 11 heteroatoms. The Labute approximate surface area is 225 Å². The maximum absolute atomic E-state index is 13.8. The van der Waals surface area contributed by atoms with Crippen molar-refractivity contribution >= 4 is 22.3 Å². The molecule has 1 saturated carbocycles. The van der Waals surface area contributed by atoms with Crippen molar-refractivity contribution in [1.29, 1.82) is 5.26 Å². The normalized spacial score (nSPS) is 16.8. The summed E-state index contributed by atoms with van der Waals surface area (Å²) in [4.78, 5) is 8.69. The van der Waals surface area contributed by atoms with E-state index in [0.29, 0.717) is 69.9 Å². The number of pyridine rings is 1. The highest BCUT2D eigenvalue weighted by Gasteiger charge is 2.56. The molecule has 1 aromatic carbocycles. The van der Waals surface area contributed by atoms with E-state index in [0.717, 1.165) is 0 Å². The first-order chi connectivity index (χ1) is 18.6. The third-order valence-electron chi connectivity index (χ3n) is 6.95. The third kappa shape index (κ3) is 4.93. The van der Waals surface area contributed by atoms with Crippen molar-refractivity contribution in [2.75, 3.05) is 17.2 Å². The lowest BCUT2D eigenvalue weighted by atomic mass is 9.96. The summed E-state index contributed by atoms with van der Waals surface area (Å²) in [6, 6.07) is 5.17. The molecule has 0 spiro atoms. The minimum atomic E-state index is -2.50. The van der Waals surface area contributed by atoms with E-state index in [2.05, 4.69) is 64.3 Å². The molecule has 5 rings (SSSR count). The van der Waals surface area contributed by atoms with Gasteiger partial charge in [-0.25, -0.2) is 13.8 Å². The molecule has 2 aromatic heterocycles. The van der Waals surface area contributed by atoms with Gasteiger partial charge >= 0.3 is 0 Å². The predicted molar refractivity (Wildman–Crippen MR) is 144 cm³/mol. The highest BCUT2D eigenvalue weighted by atomic mass is 19.3. The lowest BCUT2D eigenvalue weighted by Crippen LogP contribution is -2.48. The Bertz CT molecular complexity index is 1520. The Kier molecular flexibility index (Phi) is 6.57. The van der Waals surface area contributed by atoms with Gasteiger partial charge in [-0.2, -0.15) is 5.26 Å². The highest BCUT2D eigenvalue weighted by Crippen LogP contribution is 2.47. The van der Waals surface area contributed by atoms with Crippen molar-refractivity contribution < 1.29 is 13.2 Å². The summed E-state index contributed by atoms with van der Waals surface area (Å²) < 4.78 is 33.2. The molecular formula is C28H30F2N8O. The van der Waals surface area contributed by atoms with Crippen LogP contribution in [0.25, 0.3) is 10.9 Å². The molecule has 0 saturated heterocycles. The molecule has 0 amide bonds. The van der Waals surface area contributed by atoms with E-state index in [9.17, 15) is 14.0 Å². The highest BCUT2D eigenvalue weighted by molar-refractivity contribution is 5.99. The van der Waals surface area contributed by atoms with Crippen molar-refractivity contribution in [3.8, 4) is 18.4 Å². The maximum atomic E-state index is 13.8. The topological polar surface area (TPSA) is 114 Å². The largest absolute Gasteiger partial charge is 0.446 e. The number of halogens is 2. The number of aryl methyl sites for hydroxylation is 1. The second kappa shape index (κ2) is 9.75. The molecule has 1 atom stereocenters. The van der Waals surface area contributed by atoms with E-state index in [1.807, 2.05) is 6.07 Å². The number of alkyl halides is 2. The van der Waals surface area contributed by atoms with Gasteiger partial charge in [-0.3, -0.25) is 9.99 Å². The van der Waals surface area contributed by atoms with Gasteiger partial charge in [-0.15, -0.1) is 12.0 Å². The van der Waals surface area contributed by atoms with Gasteiger partial charge < -0.3 is 20.5 Å². The van der Waals surface area contributed by atoms with Crippen molar-refractivity contribution in [3.63, 3.8) is 0 Å². The van der Waals surface area contributed by atoms with E-state index in [-0.39, 0.29) is 5.41 Å². The van der Waals surface area contributed by atoms with Gasteiger partial charge in [-0.05, 0) is 37.3 Å². The maximum Gasteiger partial charge on any atom is 0.262 e. The minimum absolute atomic E-state index is 0.0269. The molecular weight excluding hydrogens is 502 g/mol. The van der Waals surface area contributed by atoms with E-state index < -0.39 is 18.0 Å². The fourth-order valence-corrected chi connectivity index (χ4v) is 4.57. The summed E-state index contributed by atoms with van der Waals surface area (Å²) in [5.74, 6) is 3.18. The molecule has 0 bridgehead atoms. The zero-order valence-corrected chi connectivity index (χ0v) is 22.2. The molecule has 2 aliphatic rings. The molecule has 4 N–H and O–H groups in total. The summed E-state index contributed by atoms with van der Waals surface area (Å²) in [6.07, 6.45) is 8.61. The van der Waals surface area contributed by atoms with Crippen LogP contribution in [0.3, 0.4) is 0 Å². The Balaban J connectivity index is 1.58. The Hall–Kier alpha value is -4.35. The average molecular weight is 533 g/mol. The second-order valence-electron chi connectivity index (χ2n) is 11.1. The SMILES string of the molecule is C#Cc1cnc2c(C#N)cc(N[C@H](C3=CN(C4(C(F)F)CC4)NN3)c3ocnc3C)cc2c1NCC(C)(C)C. The van der Waals surface area contributed by atoms with Gasteiger partial charge in [0.1, 0.15) is 17.6 Å². The van der Waals surface area contributed by atoms with Crippen molar-refractivity contribution in [1.82, 2.24) is 25.9 Å². The number of nitrogens with zero attached hydrogens (tertiary/aromatic N) is 4. The Morgan fingerprint density at radius 3 is 2.62 bits per heavy atom. The molecule has 3 heterocycles. The number of hydrogen-bond acceptors (Lipinski definition) is 9. The van der Waals surface area contributed by atoms with E-state index >= 15 is 0 Å². The van der Waals surface area contributed by atoms with Crippen LogP contribution in [-0.2, 0) is 0 Å². The van der Waals surface area contributed by atoms with Gasteiger partial charge in [0.25, 0.3) is 6.43 Å². The fraction of sp³-hybridized carbons (Fsp3) is 0.393. The number of terminal acetylenes is 1. The van der Waals surface area contributed by atoms with Crippen LogP contribution in [0.15, 0.2) is 41.0 Å². The monoisotopic (exact) mass is 532 g/mol. The number of rotatable bonds is 8. The third-order valence-corrected chi connectivity index (χ3v) is 6.95. The molecule has 9 nitrogen and oxygen atoms in total. The number of hydrazine groups is 2. The van der Waals surface area contributed by atoms with E-state index in [1.54, 1.807) is 25.4 Å². The Morgan fingerprint density at radius 1 is 1.26 bits per heavy atom. The number of nitrogens with one attached hydrogen (secondary N) is 4. The lowest BCUT2D eigenvalue weighted by molar-refractivity contribution is 0.00911. The predicted octanol–water partition coefficient (Wildman–Crippen LogP) is 4.96. The van der Waals surface area contributed by atoms with Crippen LogP contribution in [0, 0.1) is 36.0 Å².